The van der Waals surface area contributed by atoms with Crippen molar-refractivity contribution in [3.05, 3.63) is 108 Å². The summed E-state index contributed by atoms with van der Waals surface area (Å²) in [6, 6.07) is 34.2. The van der Waals surface area contributed by atoms with Crippen LogP contribution >= 0.6 is 0 Å². The minimum Gasteiger partial charge on any atom is -0.294 e. The van der Waals surface area contributed by atoms with E-state index in [9.17, 15) is 0 Å². The average molecular weight is 442 g/mol. The first kappa shape index (κ1) is 23.7. The van der Waals surface area contributed by atoms with Crippen LogP contribution in [0.25, 0.3) is 0 Å². The highest BCUT2D eigenvalue weighted by molar-refractivity contribution is 5.20. The Hall–Kier alpha value is -2.46. The van der Waals surface area contributed by atoms with Crippen molar-refractivity contribution in [3.63, 3.8) is 0 Å². The lowest BCUT2D eigenvalue weighted by Crippen LogP contribution is -2.38. The average Bonchev–Trinajstić information content (AvgIpc) is 3.00. The van der Waals surface area contributed by atoms with E-state index in [4.69, 9.17) is 0 Å². The first-order chi connectivity index (χ1) is 16.1. The molecule has 33 heavy (non-hydrogen) atoms. The summed E-state index contributed by atoms with van der Waals surface area (Å²) >= 11 is 0. The third-order valence-electron chi connectivity index (χ3n) is 7.51. The highest BCUT2D eigenvalue weighted by Gasteiger charge is 2.25. The van der Waals surface area contributed by atoms with E-state index in [0.717, 1.165) is 39.3 Å². The minimum absolute atomic E-state index is 0.409. The number of rotatable bonds is 6. The maximum Gasteiger partial charge on any atom is 0.0320 e. The molecule has 4 rings (SSSR count). The van der Waals surface area contributed by atoms with Crippen molar-refractivity contribution in [2.75, 3.05) is 39.3 Å². The SMILES string of the molecule is CC(c1ccccc1)N1CCN(C(C)c2ccccc2)CCN(C(C)c2ccccc2)CC1. The molecule has 0 radical (unpaired) electrons. The highest BCUT2D eigenvalue weighted by atomic mass is 15.3. The number of benzene rings is 3. The lowest BCUT2D eigenvalue weighted by molar-refractivity contribution is 0.157. The Kier molecular flexibility index (Phi) is 8.33. The van der Waals surface area contributed by atoms with Crippen LogP contribution in [0, 0.1) is 0 Å². The molecule has 0 bridgehead atoms. The van der Waals surface area contributed by atoms with Gasteiger partial charge in [-0.25, -0.2) is 0 Å². The van der Waals surface area contributed by atoms with E-state index in [1.807, 2.05) is 0 Å². The summed E-state index contributed by atoms with van der Waals surface area (Å²) in [4.78, 5) is 8.03. The lowest BCUT2D eigenvalue weighted by atomic mass is 10.1. The maximum absolute atomic E-state index is 2.68. The molecule has 3 heteroatoms. The normalized spacial score (nSPS) is 19.7. The van der Waals surface area contributed by atoms with Crippen molar-refractivity contribution >= 4 is 0 Å². The van der Waals surface area contributed by atoms with Crippen LogP contribution in [0.3, 0.4) is 0 Å². The lowest BCUT2D eigenvalue weighted by Gasteiger charge is -2.33. The van der Waals surface area contributed by atoms with E-state index < -0.39 is 0 Å². The van der Waals surface area contributed by atoms with Crippen LogP contribution in [0.15, 0.2) is 91.0 Å². The fourth-order valence-electron chi connectivity index (χ4n) is 5.10. The third-order valence-corrected chi connectivity index (χ3v) is 7.51. The molecule has 0 amide bonds. The van der Waals surface area contributed by atoms with Gasteiger partial charge in [0.15, 0.2) is 0 Å². The molecule has 3 atom stereocenters. The van der Waals surface area contributed by atoms with Gasteiger partial charge in [0, 0.05) is 57.4 Å². The molecule has 3 unspecified atom stereocenters. The summed E-state index contributed by atoms with van der Waals surface area (Å²) in [6.07, 6.45) is 0. The molecule has 0 aromatic heterocycles. The molecule has 0 aliphatic carbocycles. The minimum atomic E-state index is 0.409. The maximum atomic E-state index is 2.68. The second-order valence-corrected chi connectivity index (χ2v) is 9.37. The molecule has 3 aromatic carbocycles. The molecule has 0 saturated carbocycles. The Morgan fingerprint density at radius 1 is 0.394 bits per heavy atom. The van der Waals surface area contributed by atoms with Crippen LogP contribution in [0.4, 0.5) is 0 Å². The van der Waals surface area contributed by atoms with Gasteiger partial charge in [-0.1, -0.05) is 91.0 Å². The van der Waals surface area contributed by atoms with E-state index in [-0.39, 0.29) is 0 Å². The fourth-order valence-corrected chi connectivity index (χ4v) is 5.10. The number of nitrogens with zero attached hydrogens (tertiary/aromatic N) is 3. The van der Waals surface area contributed by atoms with Gasteiger partial charge in [-0.2, -0.15) is 0 Å². The molecule has 1 saturated heterocycles. The summed E-state index contributed by atoms with van der Waals surface area (Å²) in [5.74, 6) is 0. The van der Waals surface area contributed by atoms with Crippen molar-refractivity contribution in [2.45, 2.75) is 38.9 Å². The predicted molar refractivity (Wildman–Crippen MR) is 139 cm³/mol. The zero-order chi connectivity index (χ0) is 23.0. The molecule has 3 nitrogen and oxygen atoms in total. The van der Waals surface area contributed by atoms with Crippen molar-refractivity contribution in [3.8, 4) is 0 Å². The van der Waals surface area contributed by atoms with Crippen molar-refractivity contribution in [1.29, 1.82) is 0 Å². The van der Waals surface area contributed by atoms with Gasteiger partial charge in [-0.3, -0.25) is 14.7 Å². The van der Waals surface area contributed by atoms with Gasteiger partial charge in [0.1, 0.15) is 0 Å². The van der Waals surface area contributed by atoms with E-state index in [2.05, 4.69) is 126 Å². The predicted octanol–water partition coefficient (Wildman–Crippen LogP) is 6.19. The van der Waals surface area contributed by atoms with E-state index >= 15 is 0 Å². The topological polar surface area (TPSA) is 9.72 Å². The zero-order valence-corrected chi connectivity index (χ0v) is 20.5. The second-order valence-electron chi connectivity index (χ2n) is 9.37. The molecule has 3 aromatic rings. The Bertz CT molecular complexity index is 805. The van der Waals surface area contributed by atoms with Gasteiger partial charge in [-0.15, -0.1) is 0 Å². The Labute approximate surface area is 200 Å². The quantitative estimate of drug-likeness (QED) is 0.452. The van der Waals surface area contributed by atoms with Crippen molar-refractivity contribution < 1.29 is 0 Å². The van der Waals surface area contributed by atoms with Crippen LogP contribution in [-0.2, 0) is 0 Å². The summed E-state index contributed by atoms with van der Waals surface area (Å²) in [5.41, 5.74) is 4.21. The molecule has 1 fully saturated rings. The monoisotopic (exact) mass is 441 g/mol. The van der Waals surface area contributed by atoms with Crippen LogP contribution in [-0.4, -0.2) is 54.0 Å². The van der Waals surface area contributed by atoms with Gasteiger partial charge in [0.2, 0.25) is 0 Å². The first-order valence-electron chi connectivity index (χ1n) is 12.5. The van der Waals surface area contributed by atoms with Crippen LogP contribution in [0.5, 0.6) is 0 Å². The van der Waals surface area contributed by atoms with Gasteiger partial charge in [0.05, 0.1) is 0 Å². The molecular formula is C30H39N3. The summed E-state index contributed by atoms with van der Waals surface area (Å²) in [6.45, 7) is 13.6. The van der Waals surface area contributed by atoms with E-state index in [0.29, 0.717) is 18.1 Å². The molecule has 0 spiro atoms. The second kappa shape index (κ2) is 11.6. The first-order valence-corrected chi connectivity index (χ1v) is 12.5. The van der Waals surface area contributed by atoms with Crippen LogP contribution < -0.4 is 0 Å². The van der Waals surface area contributed by atoms with Gasteiger partial charge in [-0.05, 0) is 37.5 Å². The van der Waals surface area contributed by atoms with Gasteiger partial charge in [0.25, 0.3) is 0 Å². The summed E-state index contributed by atoms with van der Waals surface area (Å²) < 4.78 is 0. The molecule has 174 valence electrons. The van der Waals surface area contributed by atoms with Crippen LogP contribution in [0.2, 0.25) is 0 Å². The number of hydrogen-bond acceptors (Lipinski definition) is 3. The Morgan fingerprint density at radius 2 is 0.606 bits per heavy atom. The smallest absolute Gasteiger partial charge is 0.0320 e. The molecule has 1 aliphatic rings. The Morgan fingerprint density at radius 3 is 0.818 bits per heavy atom. The largest absolute Gasteiger partial charge is 0.294 e. The highest BCUT2D eigenvalue weighted by Crippen LogP contribution is 2.26. The zero-order valence-electron chi connectivity index (χ0n) is 20.5. The molecular weight excluding hydrogens is 402 g/mol. The molecule has 1 heterocycles. The van der Waals surface area contributed by atoms with Gasteiger partial charge >= 0.3 is 0 Å². The summed E-state index contributed by atoms with van der Waals surface area (Å²) in [7, 11) is 0. The standard InChI is InChI=1S/C30H39N3/c1-25(28-13-7-4-8-14-28)31-19-21-32(26(2)29-15-9-5-10-16-29)23-24-33(22-20-31)27(3)30-17-11-6-12-18-30/h4-18,25-27H,19-24H2,1-3H3. The van der Waals surface area contributed by atoms with Crippen molar-refractivity contribution in [1.82, 2.24) is 14.7 Å². The number of hydrogen-bond donors (Lipinski definition) is 0. The summed E-state index contributed by atoms with van der Waals surface area (Å²) in [5, 5.41) is 0. The van der Waals surface area contributed by atoms with E-state index in [1.165, 1.54) is 16.7 Å². The van der Waals surface area contributed by atoms with E-state index in [1.54, 1.807) is 0 Å². The third kappa shape index (κ3) is 6.11. The molecule has 0 N–H and O–H groups in total. The van der Waals surface area contributed by atoms with Crippen LogP contribution in [0.1, 0.15) is 55.6 Å². The van der Waals surface area contributed by atoms with Gasteiger partial charge < -0.3 is 0 Å². The fraction of sp³-hybridized carbons (Fsp3) is 0.400. The molecule has 1 aliphatic heterocycles. The van der Waals surface area contributed by atoms with Crippen molar-refractivity contribution in [2.24, 2.45) is 0 Å². The Balaban J connectivity index is 1.57.